The molecule has 0 amide bonds. The van der Waals surface area contributed by atoms with Crippen molar-refractivity contribution in [3.05, 3.63) is 11.1 Å². The minimum atomic E-state index is -1.63. The van der Waals surface area contributed by atoms with Gasteiger partial charge in [0, 0.05) is 18.4 Å². The van der Waals surface area contributed by atoms with E-state index in [9.17, 15) is 19.8 Å². The molecule has 7 heteroatoms. The third kappa shape index (κ3) is 9.22. The average molecular weight is 477 g/mol. The van der Waals surface area contributed by atoms with Crippen molar-refractivity contribution >= 4 is 11.9 Å². The molecule has 0 bridgehead atoms. The SMILES string of the molecule is O=C([O-])CC(=O)[O-].[NH-][C@@H]1CCCC[C@H]1[N-]C1CCCC1.[Pt+4]. The minimum absolute atomic E-state index is 0. The molecule has 2 aliphatic carbocycles. The fourth-order valence-corrected chi connectivity index (χ4v) is 2.73. The van der Waals surface area contributed by atoms with Crippen molar-refractivity contribution in [3.8, 4) is 0 Å². The molecule has 0 heterocycles. The Bertz CT molecular complexity index is 310. The van der Waals surface area contributed by atoms with Crippen LogP contribution in [0, 0.1) is 0 Å². The van der Waals surface area contributed by atoms with Crippen LogP contribution in [0.25, 0.3) is 11.1 Å². The van der Waals surface area contributed by atoms with Crippen LogP contribution in [0.5, 0.6) is 0 Å². The van der Waals surface area contributed by atoms with Crippen LogP contribution in [0.15, 0.2) is 0 Å². The molecule has 0 aromatic heterocycles. The number of hydrogen-bond donors (Lipinski definition) is 0. The Balaban J connectivity index is 0.000000436. The Morgan fingerprint density at radius 1 is 0.952 bits per heavy atom. The van der Waals surface area contributed by atoms with E-state index >= 15 is 0 Å². The van der Waals surface area contributed by atoms with E-state index in [1.165, 1.54) is 44.9 Å². The topological polar surface area (TPSA) is 118 Å². The largest absolute Gasteiger partial charge is 4.00 e. The van der Waals surface area contributed by atoms with E-state index in [4.69, 9.17) is 11.1 Å². The maximum atomic E-state index is 9.28. The number of nitrogens with one attached hydrogen (secondary N) is 1. The van der Waals surface area contributed by atoms with Gasteiger partial charge in [-0.05, 0) is 0 Å². The second-order valence-corrected chi connectivity index (χ2v) is 5.47. The fraction of sp³-hybridized carbons (Fsp3) is 0.857. The van der Waals surface area contributed by atoms with Crippen molar-refractivity contribution in [2.75, 3.05) is 0 Å². The van der Waals surface area contributed by atoms with Gasteiger partial charge in [0.2, 0.25) is 0 Å². The van der Waals surface area contributed by atoms with Gasteiger partial charge in [0.25, 0.3) is 0 Å². The molecule has 2 aliphatic rings. The number of carboxylic acids is 2. The van der Waals surface area contributed by atoms with Gasteiger partial charge >= 0.3 is 21.1 Å². The standard InChI is InChI=1S/C11H20N2.C3H4O4.Pt/c12-10-7-3-4-8-11(10)13-9-5-1-2-6-9;4-2(5)1-3(6)7;/h9-12H,1-8H2;1H2,(H,4,5)(H,6,7);/q-2;;+4/p-2/t10-,11-;;/m1../s1. The Labute approximate surface area is 140 Å². The van der Waals surface area contributed by atoms with Gasteiger partial charge in [-0.3, -0.25) is 0 Å². The molecule has 0 unspecified atom stereocenters. The number of carboxylic acid groups (broad SMARTS) is 2. The molecule has 2 rings (SSSR count). The Morgan fingerprint density at radius 3 is 1.86 bits per heavy atom. The number of nitrogens with zero attached hydrogens (tertiary/aromatic N) is 1. The molecule has 0 spiro atoms. The number of hydrogen-bond acceptors (Lipinski definition) is 4. The third-order valence-electron chi connectivity index (χ3n) is 3.75. The zero-order chi connectivity index (χ0) is 15.0. The molecule has 0 aromatic rings. The van der Waals surface area contributed by atoms with Crippen molar-refractivity contribution in [1.82, 2.24) is 0 Å². The van der Waals surface area contributed by atoms with Crippen LogP contribution in [0.1, 0.15) is 57.8 Å². The second kappa shape index (κ2) is 11.2. The van der Waals surface area contributed by atoms with E-state index in [1.54, 1.807) is 0 Å². The minimum Gasteiger partial charge on any atom is -0.676 e. The molecule has 2 fully saturated rings. The van der Waals surface area contributed by atoms with E-state index in [0.717, 1.165) is 6.42 Å². The summed E-state index contributed by atoms with van der Waals surface area (Å²) >= 11 is 0. The van der Waals surface area contributed by atoms with Gasteiger partial charge in [0.05, 0.1) is 0 Å². The second-order valence-electron chi connectivity index (χ2n) is 5.47. The molecule has 0 aromatic carbocycles. The summed E-state index contributed by atoms with van der Waals surface area (Å²) < 4.78 is 0. The van der Waals surface area contributed by atoms with E-state index in [-0.39, 0.29) is 27.1 Å². The first-order valence-electron chi connectivity index (χ1n) is 7.30. The molecule has 6 nitrogen and oxygen atoms in total. The van der Waals surface area contributed by atoms with E-state index in [1.807, 2.05) is 0 Å². The van der Waals surface area contributed by atoms with Crippen LogP contribution in [0.2, 0.25) is 0 Å². The first kappa shape index (κ1) is 20.5. The smallest absolute Gasteiger partial charge is 0.676 e. The molecule has 122 valence electrons. The van der Waals surface area contributed by atoms with Crippen LogP contribution in [0.4, 0.5) is 0 Å². The van der Waals surface area contributed by atoms with E-state index in [0.29, 0.717) is 12.1 Å². The molecule has 1 N–H and O–H groups in total. The Morgan fingerprint density at radius 2 is 1.43 bits per heavy atom. The summed E-state index contributed by atoms with van der Waals surface area (Å²) in [4.78, 5) is 18.6. The van der Waals surface area contributed by atoms with Crippen molar-refractivity contribution < 1.29 is 40.9 Å². The van der Waals surface area contributed by atoms with Crippen LogP contribution < -0.4 is 10.2 Å². The van der Waals surface area contributed by atoms with Gasteiger partial charge in [-0.2, -0.15) is 12.1 Å². The van der Waals surface area contributed by atoms with Gasteiger partial charge in [-0.15, -0.1) is 6.04 Å². The molecular formula is C14H22N2O4Pt. The number of aliphatic carboxylic acids is 2. The van der Waals surface area contributed by atoms with Crippen LogP contribution in [-0.4, -0.2) is 30.1 Å². The predicted octanol–water partition coefficient (Wildman–Crippen LogP) is 0.540. The molecule has 0 radical (unpaired) electrons. The molecule has 0 saturated heterocycles. The van der Waals surface area contributed by atoms with Gasteiger partial charge in [0.15, 0.2) is 0 Å². The Kier molecular flexibility index (Phi) is 10.9. The first-order valence-corrected chi connectivity index (χ1v) is 7.30. The van der Waals surface area contributed by atoms with Crippen LogP contribution >= 0.6 is 0 Å². The monoisotopic (exact) mass is 477 g/mol. The van der Waals surface area contributed by atoms with Crippen molar-refractivity contribution in [2.45, 2.75) is 75.9 Å². The third-order valence-corrected chi connectivity index (χ3v) is 3.75. The molecule has 21 heavy (non-hydrogen) atoms. The van der Waals surface area contributed by atoms with Gasteiger partial charge in [-0.25, -0.2) is 0 Å². The molecule has 2 saturated carbocycles. The van der Waals surface area contributed by atoms with Crippen molar-refractivity contribution in [3.63, 3.8) is 0 Å². The fourth-order valence-electron chi connectivity index (χ4n) is 2.73. The normalized spacial score (nSPS) is 25.4. The predicted molar refractivity (Wildman–Crippen MR) is 70.6 cm³/mol. The maximum absolute atomic E-state index is 9.28. The number of carbonyl (C=O) groups is 2. The zero-order valence-electron chi connectivity index (χ0n) is 12.0. The van der Waals surface area contributed by atoms with Gasteiger partial charge < -0.3 is 30.9 Å². The zero-order valence-corrected chi connectivity index (χ0v) is 14.3. The van der Waals surface area contributed by atoms with Crippen LogP contribution in [-0.2, 0) is 30.7 Å². The number of rotatable bonds is 4. The maximum Gasteiger partial charge on any atom is 4.00 e. The number of carbonyl (C=O) groups excluding carboxylic acids is 2. The molecular weight excluding hydrogens is 455 g/mol. The summed E-state index contributed by atoms with van der Waals surface area (Å²) in [5, 5.41) is 23.4. The molecule has 2 atom stereocenters. The Hall–Kier alpha value is -0.452. The summed E-state index contributed by atoms with van der Waals surface area (Å²) in [6, 6.07) is 1.13. The molecule has 0 aliphatic heterocycles. The van der Waals surface area contributed by atoms with E-state index < -0.39 is 18.4 Å². The summed E-state index contributed by atoms with van der Waals surface area (Å²) in [6.45, 7) is 0. The van der Waals surface area contributed by atoms with Gasteiger partial charge in [0.1, 0.15) is 0 Å². The summed E-state index contributed by atoms with van der Waals surface area (Å²) in [6.07, 6.45) is 9.12. The van der Waals surface area contributed by atoms with Gasteiger partial charge in [-0.1, -0.05) is 51.4 Å². The van der Waals surface area contributed by atoms with Crippen molar-refractivity contribution in [1.29, 1.82) is 0 Å². The first-order chi connectivity index (χ1) is 9.49. The van der Waals surface area contributed by atoms with Crippen molar-refractivity contribution in [2.24, 2.45) is 0 Å². The van der Waals surface area contributed by atoms with E-state index in [2.05, 4.69) is 0 Å². The summed E-state index contributed by atoms with van der Waals surface area (Å²) in [5.74, 6) is -3.25. The summed E-state index contributed by atoms with van der Waals surface area (Å²) in [5.41, 5.74) is 7.90. The quantitative estimate of drug-likeness (QED) is 0.549. The average Bonchev–Trinajstić information content (AvgIpc) is 2.84. The summed E-state index contributed by atoms with van der Waals surface area (Å²) in [7, 11) is 0. The van der Waals surface area contributed by atoms with Crippen LogP contribution in [0.3, 0.4) is 0 Å².